The van der Waals surface area contributed by atoms with Crippen molar-refractivity contribution in [2.75, 3.05) is 25.4 Å². The van der Waals surface area contributed by atoms with Crippen molar-refractivity contribution in [1.82, 2.24) is 14.6 Å². The predicted molar refractivity (Wildman–Crippen MR) is 69.9 cm³/mol. The van der Waals surface area contributed by atoms with E-state index >= 15 is 0 Å². The first-order chi connectivity index (χ1) is 8.43. The maximum atomic E-state index is 12.5. The summed E-state index contributed by atoms with van der Waals surface area (Å²) in [6.45, 7) is 3.50. The number of rotatable bonds is 2. The summed E-state index contributed by atoms with van der Waals surface area (Å²) in [7, 11) is -3.64. The predicted octanol–water partition coefficient (Wildman–Crippen LogP) is 0.300. The Hall–Kier alpha value is -0.890. The van der Waals surface area contributed by atoms with Crippen molar-refractivity contribution in [1.29, 1.82) is 0 Å². The van der Waals surface area contributed by atoms with Gasteiger partial charge in [-0.2, -0.15) is 4.31 Å². The number of nitrogens with zero attached hydrogens (tertiary/aromatic N) is 2. The molecule has 100 valence electrons. The lowest BCUT2D eigenvalue weighted by molar-refractivity contribution is 0.284. The molecule has 0 amide bonds. The summed E-state index contributed by atoms with van der Waals surface area (Å²) in [5.74, 6) is -0.0230. The van der Waals surface area contributed by atoms with Gasteiger partial charge < -0.3 is 11.1 Å². The smallest absolute Gasteiger partial charge is 0.247 e. The number of hydrogen-bond acceptors (Lipinski definition) is 5. The summed E-state index contributed by atoms with van der Waals surface area (Å²) in [6.07, 6.45) is 1.33. The molecule has 1 saturated heterocycles. The molecule has 0 spiro atoms. The molecule has 6 nitrogen and oxygen atoms in total. The zero-order valence-corrected chi connectivity index (χ0v) is 11.5. The van der Waals surface area contributed by atoms with E-state index in [4.69, 9.17) is 17.3 Å². The Balaban J connectivity index is 2.44. The molecule has 2 heterocycles. The van der Waals surface area contributed by atoms with E-state index in [1.54, 1.807) is 0 Å². The topological polar surface area (TPSA) is 88.3 Å². The highest BCUT2D eigenvalue weighted by Gasteiger charge is 2.32. The third-order valence-electron chi connectivity index (χ3n) is 2.88. The van der Waals surface area contributed by atoms with Gasteiger partial charge in [0.05, 0.1) is 5.02 Å². The van der Waals surface area contributed by atoms with Crippen LogP contribution in [0.15, 0.2) is 17.2 Å². The average molecular weight is 291 g/mol. The summed E-state index contributed by atoms with van der Waals surface area (Å²) >= 11 is 5.78. The number of sulfonamides is 1. The van der Waals surface area contributed by atoms with E-state index in [2.05, 4.69) is 10.3 Å². The summed E-state index contributed by atoms with van der Waals surface area (Å²) in [5.41, 5.74) is 5.64. The number of piperazine rings is 1. The van der Waals surface area contributed by atoms with Crippen LogP contribution in [-0.2, 0) is 10.0 Å². The number of halogens is 1. The fraction of sp³-hybridized carbons (Fsp3) is 0.500. The minimum absolute atomic E-state index is 0.0230. The van der Waals surface area contributed by atoms with Crippen LogP contribution in [0.5, 0.6) is 0 Å². The highest BCUT2D eigenvalue weighted by atomic mass is 35.5. The average Bonchev–Trinajstić information content (AvgIpc) is 2.32. The van der Waals surface area contributed by atoms with Crippen LogP contribution < -0.4 is 11.1 Å². The molecule has 1 aliphatic rings. The van der Waals surface area contributed by atoms with Gasteiger partial charge in [-0.25, -0.2) is 13.4 Å². The normalized spacial score (nSPS) is 22.0. The number of aromatic nitrogens is 1. The van der Waals surface area contributed by atoms with Gasteiger partial charge in [-0.05, 0) is 13.0 Å². The van der Waals surface area contributed by atoms with E-state index in [1.807, 2.05) is 6.92 Å². The summed E-state index contributed by atoms with van der Waals surface area (Å²) in [4.78, 5) is 3.76. The van der Waals surface area contributed by atoms with Crippen molar-refractivity contribution >= 4 is 27.4 Å². The molecule has 0 bridgehead atoms. The second kappa shape index (κ2) is 5.00. The van der Waals surface area contributed by atoms with Gasteiger partial charge in [-0.1, -0.05) is 11.6 Å². The molecule has 1 fully saturated rings. The van der Waals surface area contributed by atoms with Crippen molar-refractivity contribution in [3.63, 3.8) is 0 Å². The largest absolute Gasteiger partial charge is 0.383 e. The lowest BCUT2D eigenvalue weighted by Gasteiger charge is -2.32. The zero-order valence-electron chi connectivity index (χ0n) is 9.93. The van der Waals surface area contributed by atoms with E-state index in [0.717, 1.165) is 0 Å². The Kier molecular flexibility index (Phi) is 3.76. The Bertz CT molecular complexity index is 549. The molecule has 3 N–H and O–H groups in total. The first-order valence-corrected chi connectivity index (χ1v) is 7.38. The molecule has 1 aromatic rings. The van der Waals surface area contributed by atoms with Gasteiger partial charge in [0.15, 0.2) is 0 Å². The minimum Gasteiger partial charge on any atom is -0.383 e. The monoisotopic (exact) mass is 290 g/mol. The molecule has 18 heavy (non-hydrogen) atoms. The molecule has 8 heteroatoms. The molecule has 0 radical (unpaired) electrons. The maximum absolute atomic E-state index is 12.5. The van der Waals surface area contributed by atoms with Crippen molar-refractivity contribution in [2.24, 2.45) is 0 Å². The van der Waals surface area contributed by atoms with Crippen molar-refractivity contribution in [2.45, 2.75) is 17.9 Å². The van der Waals surface area contributed by atoms with Gasteiger partial charge in [-0.3, -0.25) is 0 Å². The van der Waals surface area contributed by atoms with Crippen LogP contribution in [0.1, 0.15) is 6.92 Å². The third kappa shape index (κ3) is 2.44. The van der Waals surface area contributed by atoms with Crippen molar-refractivity contribution in [3.05, 3.63) is 17.3 Å². The Labute approximate surface area is 111 Å². The molecule has 1 atom stereocenters. The maximum Gasteiger partial charge on any atom is 0.247 e. The first-order valence-electron chi connectivity index (χ1n) is 5.56. The van der Waals surface area contributed by atoms with Gasteiger partial charge in [0.1, 0.15) is 10.7 Å². The van der Waals surface area contributed by atoms with E-state index in [-0.39, 0.29) is 21.8 Å². The molecule has 2 rings (SSSR count). The van der Waals surface area contributed by atoms with Gasteiger partial charge >= 0.3 is 0 Å². The van der Waals surface area contributed by atoms with Gasteiger partial charge in [0.2, 0.25) is 10.0 Å². The van der Waals surface area contributed by atoms with E-state index < -0.39 is 10.0 Å². The summed E-state index contributed by atoms with van der Waals surface area (Å²) < 4.78 is 26.4. The fourth-order valence-corrected chi connectivity index (χ4v) is 3.89. The summed E-state index contributed by atoms with van der Waals surface area (Å²) in [6, 6.07) is 1.22. The number of anilines is 1. The number of nitrogens with one attached hydrogen (secondary N) is 1. The molecule has 0 saturated carbocycles. The minimum atomic E-state index is -3.64. The Morgan fingerprint density at radius 1 is 1.61 bits per heavy atom. The third-order valence-corrected chi connectivity index (χ3v) is 5.12. The van der Waals surface area contributed by atoms with Crippen LogP contribution >= 0.6 is 11.6 Å². The van der Waals surface area contributed by atoms with Crippen LogP contribution in [0.2, 0.25) is 5.02 Å². The number of pyridine rings is 1. The van der Waals surface area contributed by atoms with E-state index in [1.165, 1.54) is 16.6 Å². The molecular formula is C10H15ClN4O2S. The lowest BCUT2D eigenvalue weighted by Crippen LogP contribution is -2.52. The molecule has 1 aromatic heterocycles. The molecule has 0 aliphatic carbocycles. The fourth-order valence-electron chi connectivity index (χ4n) is 1.94. The second-order valence-electron chi connectivity index (χ2n) is 4.21. The highest BCUT2D eigenvalue weighted by molar-refractivity contribution is 7.89. The van der Waals surface area contributed by atoms with Gasteiger partial charge in [-0.15, -0.1) is 0 Å². The standard InChI is InChI=1S/C10H15ClN4O2S/c1-7-5-13-2-3-15(7)18(16,17)9-4-8(11)6-14-10(9)12/h4,6-7,13H,2-3,5H2,1H3,(H2,12,14)/t7-/m1/s1. The number of nitrogen functional groups attached to an aromatic ring is 1. The molecule has 0 unspecified atom stereocenters. The summed E-state index contributed by atoms with van der Waals surface area (Å²) in [5, 5.41) is 3.39. The van der Waals surface area contributed by atoms with Gasteiger partial charge in [0, 0.05) is 31.9 Å². The SMILES string of the molecule is C[C@@H]1CNCCN1S(=O)(=O)c1cc(Cl)cnc1N. The van der Waals surface area contributed by atoms with Gasteiger partial charge in [0.25, 0.3) is 0 Å². The first kappa shape index (κ1) is 13.5. The number of hydrogen-bond donors (Lipinski definition) is 2. The Morgan fingerprint density at radius 3 is 3.00 bits per heavy atom. The Morgan fingerprint density at radius 2 is 2.33 bits per heavy atom. The van der Waals surface area contributed by atoms with Crippen molar-refractivity contribution in [3.8, 4) is 0 Å². The zero-order chi connectivity index (χ0) is 13.3. The van der Waals surface area contributed by atoms with Crippen LogP contribution in [-0.4, -0.2) is 43.4 Å². The van der Waals surface area contributed by atoms with Crippen LogP contribution in [0.4, 0.5) is 5.82 Å². The number of nitrogens with two attached hydrogens (primary N) is 1. The molecule has 1 aliphatic heterocycles. The van der Waals surface area contributed by atoms with E-state index in [9.17, 15) is 8.42 Å². The molecular weight excluding hydrogens is 276 g/mol. The highest BCUT2D eigenvalue weighted by Crippen LogP contribution is 2.25. The lowest BCUT2D eigenvalue weighted by atomic mass is 10.3. The van der Waals surface area contributed by atoms with E-state index in [0.29, 0.717) is 19.6 Å². The van der Waals surface area contributed by atoms with Crippen LogP contribution in [0.3, 0.4) is 0 Å². The van der Waals surface area contributed by atoms with Crippen LogP contribution in [0.25, 0.3) is 0 Å². The van der Waals surface area contributed by atoms with Crippen LogP contribution in [0, 0.1) is 0 Å². The second-order valence-corrected chi connectivity index (χ2v) is 6.50. The molecule has 0 aromatic carbocycles. The van der Waals surface area contributed by atoms with Crippen molar-refractivity contribution < 1.29 is 8.42 Å². The quantitative estimate of drug-likeness (QED) is 0.818.